The molecule has 0 fully saturated rings. The first-order valence-corrected chi connectivity index (χ1v) is 7.98. The molecule has 1 aromatic heterocycles. The number of hydrogen-bond acceptors (Lipinski definition) is 6. The molecule has 2 N–H and O–H groups in total. The molecular weight excluding hydrogens is 366 g/mol. The predicted molar refractivity (Wildman–Crippen MR) is 101 cm³/mol. The summed E-state index contributed by atoms with van der Waals surface area (Å²) in [5.41, 5.74) is 8.14. The number of pyridine rings is 1. The minimum atomic E-state index is -0.544. The SMILES string of the molecule is N#Cc1ccc(-c2cc(-c3cc([N+](=O)[O-])ccc3Cl)c(C#N)c(N)n2)cc1. The molecule has 2 aromatic carbocycles. The van der Waals surface area contributed by atoms with E-state index in [4.69, 9.17) is 22.6 Å². The fraction of sp³-hybridized carbons (Fsp3) is 0. The largest absolute Gasteiger partial charge is 0.383 e. The lowest BCUT2D eigenvalue weighted by Crippen LogP contribution is -2.00. The van der Waals surface area contributed by atoms with Gasteiger partial charge in [0.05, 0.1) is 22.2 Å². The Bertz CT molecular complexity index is 1140. The minimum Gasteiger partial charge on any atom is -0.383 e. The lowest BCUT2D eigenvalue weighted by Gasteiger charge is -2.11. The van der Waals surface area contributed by atoms with Gasteiger partial charge < -0.3 is 5.73 Å². The van der Waals surface area contributed by atoms with E-state index in [2.05, 4.69) is 4.98 Å². The molecule has 130 valence electrons. The summed E-state index contributed by atoms with van der Waals surface area (Å²) in [7, 11) is 0. The Balaban J connectivity index is 2.25. The van der Waals surface area contributed by atoms with Crippen molar-refractivity contribution in [1.29, 1.82) is 10.5 Å². The summed E-state index contributed by atoms with van der Waals surface area (Å²) in [6.07, 6.45) is 0. The molecular formula is C19H10ClN5O2. The van der Waals surface area contributed by atoms with Crippen LogP contribution in [0.3, 0.4) is 0 Å². The van der Waals surface area contributed by atoms with Crippen LogP contribution in [0.2, 0.25) is 5.02 Å². The van der Waals surface area contributed by atoms with Gasteiger partial charge in [0.2, 0.25) is 0 Å². The molecule has 0 amide bonds. The summed E-state index contributed by atoms with van der Waals surface area (Å²) in [6, 6.07) is 16.2. The van der Waals surface area contributed by atoms with Gasteiger partial charge in [-0.1, -0.05) is 23.7 Å². The Labute approximate surface area is 159 Å². The minimum absolute atomic E-state index is 0.0167. The molecule has 27 heavy (non-hydrogen) atoms. The molecule has 0 aliphatic carbocycles. The number of nitrogens with two attached hydrogens (primary N) is 1. The van der Waals surface area contributed by atoms with Crippen LogP contribution < -0.4 is 5.73 Å². The fourth-order valence-electron chi connectivity index (χ4n) is 2.59. The number of nitrogen functional groups attached to an aromatic ring is 1. The zero-order chi connectivity index (χ0) is 19.6. The van der Waals surface area contributed by atoms with E-state index in [1.807, 2.05) is 12.1 Å². The van der Waals surface area contributed by atoms with Crippen molar-refractivity contribution >= 4 is 23.1 Å². The quantitative estimate of drug-likeness (QED) is 0.536. The molecule has 8 heteroatoms. The van der Waals surface area contributed by atoms with Crippen molar-refractivity contribution in [3.63, 3.8) is 0 Å². The lowest BCUT2D eigenvalue weighted by molar-refractivity contribution is -0.384. The van der Waals surface area contributed by atoms with Crippen LogP contribution in [0, 0.1) is 32.8 Å². The van der Waals surface area contributed by atoms with Crippen molar-refractivity contribution in [2.45, 2.75) is 0 Å². The number of rotatable bonds is 3. The maximum Gasteiger partial charge on any atom is 0.270 e. The van der Waals surface area contributed by atoms with Crippen molar-refractivity contribution < 1.29 is 4.92 Å². The van der Waals surface area contributed by atoms with E-state index in [9.17, 15) is 15.4 Å². The third-order valence-electron chi connectivity index (χ3n) is 3.92. The molecule has 0 atom stereocenters. The third kappa shape index (κ3) is 3.40. The average Bonchev–Trinajstić information content (AvgIpc) is 2.67. The first kappa shape index (κ1) is 17.9. The predicted octanol–water partition coefficient (Wildman–Crippen LogP) is 4.30. The number of halogens is 1. The number of nitro groups is 1. The van der Waals surface area contributed by atoms with E-state index in [0.29, 0.717) is 27.9 Å². The van der Waals surface area contributed by atoms with Crippen LogP contribution in [-0.2, 0) is 0 Å². The number of benzene rings is 2. The molecule has 7 nitrogen and oxygen atoms in total. The number of nitriles is 2. The van der Waals surface area contributed by atoms with Crippen molar-refractivity contribution in [3.8, 4) is 34.5 Å². The highest BCUT2D eigenvalue weighted by Crippen LogP contribution is 2.37. The number of nitrogens with zero attached hydrogens (tertiary/aromatic N) is 4. The molecule has 3 aromatic rings. The van der Waals surface area contributed by atoms with Gasteiger partial charge in [0.1, 0.15) is 17.5 Å². The first-order chi connectivity index (χ1) is 12.9. The van der Waals surface area contributed by atoms with Crippen LogP contribution in [-0.4, -0.2) is 9.91 Å². The number of anilines is 1. The van der Waals surface area contributed by atoms with Crippen molar-refractivity contribution in [1.82, 2.24) is 4.98 Å². The Morgan fingerprint density at radius 3 is 2.33 bits per heavy atom. The van der Waals surface area contributed by atoms with Crippen LogP contribution in [0.5, 0.6) is 0 Å². The maximum atomic E-state index is 11.1. The summed E-state index contributed by atoms with van der Waals surface area (Å²) >= 11 is 6.23. The highest BCUT2D eigenvalue weighted by atomic mass is 35.5. The summed E-state index contributed by atoms with van der Waals surface area (Å²) in [5, 5.41) is 29.7. The summed E-state index contributed by atoms with van der Waals surface area (Å²) in [6.45, 7) is 0. The number of aromatic nitrogens is 1. The van der Waals surface area contributed by atoms with Gasteiger partial charge in [0.25, 0.3) is 5.69 Å². The fourth-order valence-corrected chi connectivity index (χ4v) is 2.81. The van der Waals surface area contributed by atoms with Crippen LogP contribution in [0.15, 0.2) is 48.5 Å². The average molecular weight is 376 g/mol. The Morgan fingerprint density at radius 2 is 1.74 bits per heavy atom. The summed E-state index contributed by atoms with van der Waals surface area (Å²) in [5.74, 6) is -0.0167. The van der Waals surface area contributed by atoms with Gasteiger partial charge in [-0.15, -0.1) is 0 Å². The second kappa shape index (κ2) is 7.12. The van der Waals surface area contributed by atoms with Crippen LogP contribution in [0.25, 0.3) is 22.4 Å². The van der Waals surface area contributed by atoms with E-state index >= 15 is 0 Å². The normalized spacial score (nSPS) is 10.0. The van der Waals surface area contributed by atoms with Crippen LogP contribution >= 0.6 is 11.6 Å². The van der Waals surface area contributed by atoms with Crippen molar-refractivity contribution in [2.75, 3.05) is 5.73 Å². The topological polar surface area (TPSA) is 130 Å². The molecule has 0 saturated carbocycles. The van der Waals surface area contributed by atoms with Crippen LogP contribution in [0.4, 0.5) is 11.5 Å². The second-order valence-electron chi connectivity index (χ2n) is 5.54. The van der Waals surface area contributed by atoms with Crippen molar-refractivity contribution in [3.05, 3.63) is 74.8 Å². The van der Waals surface area contributed by atoms with Gasteiger partial charge >= 0.3 is 0 Å². The van der Waals surface area contributed by atoms with E-state index < -0.39 is 4.92 Å². The Kier molecular flexibility index (Phi) is 4.71. The smallest absolute Gasteiger partial charge is 0.270 e. The second-order valence-corrected chi connectivity index (χ2v) is 5.94. The third-order valence-corrected chi connectivity index (χ3v) is 4.25. The highest BCUT2D eigenvalue weighted by Gasteiger charge is 2.18. The number of nitro benzene ring substituents is 1. The maximum absolute atomic E-state index is 11.1. The van der Waals surface area contributed by atoms with Crippen LogP contribution in [0.1, 0.15) is 11.1 Å². The molecule has 0 saturated heterocycles. The monoisotopic (exact) mass is 375 g/mol. The van der Waals surface area contributed by atoms with Gasteiger partial charge in [-0.05, 0) is 24.3 Å². The first-order valence-electron chi connectivity index (χ1n) is 7.60. The molecule has 0 unspecified atom stereocenters. The lowest BCUT2D eigenvalue weighted by atomic mass is 9.97. The molecule has 0 aliphatic heterocycles. The molecule has 0 bridgehead atoms. The number of hydrogen-bond donors (Lipinski definition) is 1. The number of non-ortho nitro benzene ring substituents is 1. The summed E-state index contributed by atoms with van der Waals surface area (Å²) in [4.78, 5) is 14.8. The Morgan fingerprint density at radius 1 is 1.04 bits per heavy atom. The molecule has 1 heterocycles. The van der Waals surface area contributed by atoms with E-state index in [1.54, 1.807) is 30.3 Å². The van der Waals surface area contributed by atoms with Gasteiger partial charge in [-0.2, -0.15) is 10.5 Å². The van der Waals surface area contributed by atoms with Crippen molar-refractivity contribution in [2.24, 2.45) is 0 Å². The Hall–Kier alpha value is -3.94. The van der Waals surface area contributed by atoms with E-state index in [0.717, 1.165) is 0 Å². The highest BCUT2D eigenvalue weighted by molar-refractivity contribution is 6.33. The zero-order valence-corrected chi connectivity index (χ0v) is 14.4. The van der Waals surface area contributed by atoms with Gasteiger partial charge in [-0.25, -0.2) is 4.98 Å². The summed E-state index contributed by atoms with van der Waals surface area (Å²) < 4.78 is 0. The van der Waals surface area contributed by atoms with E-state index in [-0.39, 0.29) is 22.1 Å². The van der Waals surface area contributed by atoms with Gasteiger partial charge in [0, 0.05) is 33.8 Å². The van der Waals surface area contributed by atoms with E-state index in [1.165, 1.54) is 18.2 Å². The van der Waals surface area contributed by atoms with Gasteiger partial charge in [0.15, 0.2) is 0 Å². The molecule has 3 rings (SSSR count). The zero-order valence-electron chi connectivity index (χ0n) is 13.7. The standard InChI is InChI=1S/C19H10ClN5O2/c20-17-6-5-13(25(26)27)7-15(17)14-8-18(24-19(23)16(14)10-22)12-3-1-11(9-21)2-4-12/h1-8H,(H2,23,24). The molecule has 0 radical (unpaired) electrons. The molecule has 0 aliphatic rings. The van der Waals surface area contributed by atoms with Gasteiger partial charge in [-0.3, -0.25) is 10.1 Å². The molecule has 0 spiro atoms.